The Labute approximate surface area is 149 Å². The second kappa shape index (κ2) is 8.11. The second-order valence-electron chi connectivity index (χ2n) is 5.55. The molecule has 136 valence electrons. The third-order valence-corrected chi connectivity index (χ3v) is 3.70. The Hall–Kier alpha value is -3.42. The molecule has 0 aliphatic heterocycles. The second-order valence-corrected chi connectivity index (χ2v) is 5.55. The minimum atomic E-state index is -0.523. The minimum Gasteiger partial charge on any atom is -0.482 e. The van der Waals surface area contributed by atoms with Gasteiger partial charge in [-0.05, 0) is 43.7 Å². The minimum absolute atomic E-state index is 0.110. The number of carbonyl (C=O) groups excluding carboxylic acids is 2. The number of esters is 1. The van der Waals surface area contributed by atoms with Crippen molar-refractivity contribution in [1.29, 1.82) is 0 Å². The molecule has 0 unspecified atom stereocenters. The number of hydrogen-bond donors (Lipinski definition) is 1. The molecule has 0 saturated carbocycles. The summed E-state index contributed by atoms with van der Waals surface area (Å²) in [5.41, 5.74) is 1.80. The number of rotatable bonds is 6. The van der Waals surface area contributed by atoms with Gasteiger partial charge in [0.2, 0.25) is 0 Å². The molecule has 2 aromatic carbocycles. The van der Waals surface area contributed by atoms with Gasteiger partial charge < -0.3 is 14.8 Å². The fourth-order valence-corrected chi connectivity index (χ4v) is 2.21. The van der Waals surface area contributed by atoms with Crippen molar-refractivity contribution < 1.29 is 24.0 Å². The molecular formula is C18H18N2O6. The van der Waals surface area contributed by atoms with Crippen LogP contribution in [0.1, 0.15) is 21.5 Å². The van der Waals surface area contributed by atoms with Gasteiger partial charge in [0.25, 0.3) is 11.6 Å². The number of nitrogens with one attached hydrogen (secondary N) is 1. The van der Waals surface area contributed by atoms with Crippen LogP contribution in [-0.2, 0) is 9.53 Å². The van der Waals surface area contributed by atoms with Crippen LogP contribution >= 0.6 is 0 Å². The van der Waals surface area contributed by atoms with Gasteiger partial charge in [-0.15, -0.1) is 0 Å². The molecule has 0 spiro atoms. The van der Waals surface area contributed by atoms with Gasteiger partial charge in [0.05, 0.1) is 12.0 Å². The van der Waals surface area contributed by atoms with E-state index in [2.05, 4.69) is 10.1 Å². The van der Waals surface area contributed by atoms with E-state index in [1.165, 1.54) is 25.3 Å². The number of carbonyl (C=O) groups is 2. The number of methoxy groups -OCH3 is 1. The summed E-state index contributed by atoms with van der Waals surface area (Å²) in [7, 11) is 1.27. The van der Waals surface area contributed by atoms with E-state index in [4.69, 9.17) is 4.74 Å². The lowest BCUT2D eigenvalue weighted by Crippen LogP contribution is -2.14. The number of nitrogens with zero attached hydrogens (tertiary/aromatic N) is 1. The molecule has 0 aliphatic rings. The Kier molecular flexibility index (Phi) is 5.90. The van der Waals surface area contributed by atoms with Gasteiger partial charge in [-0.25, -0.2) is 4.79 Å². The van der Waals surface area contributed by atoms with Gasteiger partial charge in [-0.2, -0.15) is 0 Å². The summed E-state index contributed by atoms with van der Waals surface area (Å²) >= 11 is 0. The van der Waals surface area contributed by atoms with Gasteiger partial charge in [0, 0.05) is 22.9 Å². The lowest BCUT2D eigenvalue weighted by Gasteiger charge is -2.11. The lowest BCUT2D eigenvalue weighted by molar-refractivity contribution is -0.385. The van der Waals surface area contributed by atoms with Gasteiger partial charge in [0.1, 0.15) is 5.75 Å². The predicted molar refractivity (Wildman–Crippen MR) is 94.5 cm³/mol. The first kappa shape index (κ1) is 18.9. The number of hydrogen-bond acceptors (Lipinski definition) is 6. The Balaban J connectivity index is 2.13. The molecule has 0 bridgehead atoms. The van der Waals surface area contributed by atoms with Crippen molar-refractivity contribution in [1.82, 2.24) is 0 Å². The maximum absolute atomic E-state index is 12.4. The molecule has 2 rings (SSSR count). The number of anilines is 1. The van der Waals surface area contributed by atoms with Crippen LogP contribution in [0.4, 0.5) is 11.4 Å². The molecular weight excluding hydrogens is 340 g/mol. The van der Waals surface area contributed by atoms with Crippen LogP contribution in [-0.4, -0.2) is 30.5 Å². The van der Waals surface area contributed by atoms with Crippen LogP contribution < -0.4 is 10.1 Å². The first-order chi connectivity index (χ1) is 12.3. The zero-order valence-electron chi connectivity index (χ0n) is 14.6. The van der Waals surface area contributed by atoms with E-state index in [1.54, 1.807) is 32.0 Å². The molecule has 1 amide bonds. The maximum Gasteiger partial charge on any atom is 0.343 e. The summed E-state index contributed by atoms with van der Waals surface area (Å²) in [6, 6.07) is 9.19. The zero-order chi connectivity index (χ0) is 19.3. The Morgan fingerprint density at radius 2 is 1.85 bits per heavy atom. The number of benzene rings is 2. The van der Waals surface area contributed by atoms with E-state index in [0.29, 0.717) is 22.6 Å². The third kappa shape index (κ3) is 4.56. The molecule has 2 aromatic rings. The standard InChI is InChI=1S/C18H18N2O6/c1-11-4-5-13(9-16(11)20(23)24)18(22)19-15-7-6-14(8-12(15)2)26-10-17(21)25-3/h4-9H,10H2,1-3H3,(H,19,22). The summed E-state index contributed by atoms with van der Waals surface area (Å²) < 4.78 is 9.77. The average molecular weight is 358 g/mol. The van der Waals surface area contributed by atoms with Gasteiger partial charge in [-0.1, -0.05) is 6.07 Å². The summed E-state index contributed by atoms with van der Waals surface area (Å²) in [4.78, 5) is 33.9. The highest BCUT2D eigenvalue weighted by Gasteiger charge is 2.16. The molecule has 0 heterocycles. The third-order valence-electron chi connectivity index (χ3n) is 3.70. The van der Waals surface area contributed by atoms with Crippen molar-refractivity contribution in [3.05, 3.63) is 63.2 Å². The summed E-state index contributed by atoms with van der Waals surface area (Å²) in [5.74, 6) is -0.503. The number of amides is 1. The van der Waals surface area contributed by atoms with Crippen molar-refractivity contribution in [2.45, 2.75) is 13.8 Å². The highest BCUT2D eigenvalue weighted by molar-refractivity contribution is 6.05. The van der Waals surface area contributed by atoms with Gasteiger partial charge >= 0.3 is 5.97 Å². The highest BCUT2D eigenvalue weighted by atomic mass is 16.6. The van der Waals surface area contributed by atoms with Crippen molar-refractivity contribution in [3.63, 3.8) is 0 Å². The van der Waals surface area contributed by atoms with E-state index in [0.717, 1.165) is 0 Å². The van der Waals surface area contributed by atoms with Gasteiger partial charge in [-0.3, -0.25) is 14.9 Å². The molecule has 26 heavy (non-hydrogen) atoms. The number of ether oxygens (including phenoxy) is 2. The summed E-state index contributed by atoms with van der Waals surface area (Å²) in [6.07, 6.45) is 0. The number of nitro benzene ring substituents is 1. The first-order valence-corrected chi connectivity index (χ1v) is 7.68. The Morgan fingerprint density at radius 1 is 1.12 bits per heavy atom. The molecule has 0 aliphatic carbocycles. The van der Waals surface area contributed by atoms with Crippen LogP contribution in [0, 0.1) is 24.0 Å². The SMILES string of the molecule is COC(=O)COc1ccc(NC(=O)c2ccc(C)c([N+](=O)[O-])c2)c(C)c1. The first-order valence-electron chi connectivity index (χ1n) is 7.68. The molecule has 0 aromatic heterocycles. The fraction of sp³-hybridized carbons (Fsp3) is 0.222. The van der Waals surface area contributed by atoms with E-state index < -0.39 is 16.8 Å². The van der Waals surface area contributed by atoms with E-state index >= 15 is 0 Å². The fourth-order valence-electron chi connectivity index (χ4n) is 2.21. The van der Waals surface area contributed by atoms with E-state index in [9.17, 15) is 19.7 Å². The Morgan fingerprint density at radius 3 is 2.46 bits per heavy atom. The molecule has 8 nitrogen and oxygen atoms in total. The zero-order valence-corrected chi connectivity index (χ0v) is 14.6. The predicted octanol–water partition coefficient (Wildman–Crippen LogP) is 3.02. The molecule has 8 heteroatoms. The normalized spacial score (nSPS) is 10.1. The van der Waals surface area contributed by atoms with Crippen molar-refractivity contribution in [2.75, 3.05) is 19.0 Å². The topological polar surface area (TPSA) is 108 Å². The number of nitro groups is 1. The van der Waals surface area contributed by atoms with Crippen molar-refractivity contribution in [3.8, 4) is 5.75 Å². The molecule has 0 saturated heterocycles. The van der Waals surface area contributed by atoms with E-state index in [-0.39, 0.29) is 17.9 Å². The quantitative estimate of drug-likeness (QED) is 0.483. The molecule has 0 fully saturated rings. The molecule has 1 N–H and O–H groups in total. The molecule has 0 radical (unpaired) electrons. The van der Waals surface area contributed by atoms with Crippen LogP contribution in [0.3, 0.4) is 0 Å². The van der Waals surface area contributed by atoms with E-state index in [1.807, 2.05) is 0 Å². The van der Waals surface area contributed by atoms with Gasteiger partial charge in [0.15, 0.2) is 6.61 Å². The smallest absolute Gasteiger partial charge is 0.343 e. The van der Waals surface area contributed by atoms with Crippen molar-refractivity contribution >= 4 is 23.3 Å². The van der Waals surface area contributed by atoms with Crippen molar-refractivity contribution in [2.24, 2.45) is 0 Å². The summed E-state index contributed by atoms with van der Waals surface area (Å²) in [5, 5.41) is 13.7. The summed E-state index contributed by atoms with van der Waals surface area (Å²) in [6.45, 7) is 3.16. The number of aryl methyl sites for hydroxylation is 2. The molecule has 0 atom stereocenters. The lowest BCUT2D eigenvalue weighted by atomic mass is 10.1. The highest BCUT2D eigenvalue weighted by Crippen LogP contribution is 2.24. The Bertz CT molecular complexity index is 863. The van der Waals surface area contributed by atoms with Crippen LogP contribution in [0.5, 0.6) is 5.75 Å². The average Bonchev–Trinajstić information content (AvgIpc) is 2.61. The van der Waals surface area contributed by atoms with Crippen LogP contribution in [0.15, 0.2) is 36.4 Å². The maximum atomic E-state index is 12.4. The van der Waals surface area contributed by atoms with Crippen LogP contribution in [0.25, 0.3) is 0 Å². The monoisotopic (exact) mass is 358 g/mol. The largest absolute Gasteiger partial charge is 0.482 e. The van der Waals surface area contributed by atoms with Crippen LogP contribution in [0.2, 0.25) is 0 Å².